The fourth-order valence-electron chi connectivity index (χ4n) is 8.33. The molecule has 9 rings (SSSR count). The minimum absolute atomic E-state index is 0.0979. The molecular formula is C38H41N9O4. The third-order valence-corrected chi connectivity index (χ3v) is 11.8. The number of carbonyl (C=O) groups is 4. The van der Waals surface area contributed by atoms with Crippen LogP contribution in [0.15, 0.2) is 55.0 Å². The molecule has 3 aliphatic heterocycles. The minimum Gasteiger partial charge on any atom is -0.385 e. The number of benzene rings is 2. The average Bonchev–Trinajstić information content (AvgIpc) is 3.64. The number of hydrogen-bond acceptors (Lipinski definition) is 10. The molecule has 4 aromatic rings. The van der Waals surface area contributed by atoms with Crippen LogP contribution in [0.1, 0.15) is 78.1 Å². The summed E-state index contributed by atoms with van der Waals surface area (Å²) in [5.74, 6) is -1.36. The predicted molar refractivity (Wildman–Crippen MR) is 190 cm³/mol. The first-order valence-electron chi connectivity index (χ1n) is 18.1. The molecule has 2 aromatic heterocycles. The van der Waals surface area contributed by atoms with Crippen molar-refractivity contribution in [3.8, 4) is 11.3 Å². The molecule has 2 aromatic carbocycles. The van der Waals surface area contributed by atoms with Crippen molar-refractivity contribution in [2.24, 2.45) is 5.92 Å². The van der Waals surface area contributed by atoms with E-state index in [2.05, 4.69) is 56.6 Å². The predicted octanol–water partition coefficient (Wildman–Crippen LogP) is 4.02. The molecule has 4 fully saturated rings. The lowest BCUT2D eigenvalue weighted by Crippen LogP contribution is -2.54. The van der Waals surface area contributed by atoms with Gasteiger partial charge in [-0.3, -0.25) is 44.0 Å². The summed E-state index contributed by atoms with van der Waals surface area (Å²) >= 11 is 0. The molecule has 13 heteroatoms. The standard InChI is InChI=1S/C38H41N9O4/c1-44-13-14-45(22-38(44)10-11-38)26-5-7-30-31(18-26)42-32(20-40-30)24-19-41-46(21-24)27-15-23(16-27)3-2-12-39-25-4-6-28-29(17-25)37(51)47(36(28)50)33-8-9-34(48)43-35(33)49/h4-7,17-21,23,27,33,39H,2-3,8-16,22H2,1H3,(H,43,48,49)/t23-,27-,33?. The second-order valence-electron chi connectivity index (χ2n) is 15.0. The fourth-order valence-corrected chi connectivity index (χ4v) is 8.33. The van der Waals surface area contributed by atoms with E-state index in [0.29, 0.717) is 17.5 Å². The monoisotopic (exact) mass is 687 g/mol. The number of carbonyl (C=O) groups excluding carboxylic acids is 4. The average molecular weight is 688 g/mol. The van der Waals surface area contributed by atoms with Crippen molar-refractivity contribution in [1.82, 2.24) is 34.9 Å². The smallest absolute Gasteiger partial charge is 0.262 e. The minimum atomic E-state index is -0.964. The quantitative estimate of drug-likeness (QED) is 0.196. The van der Waals surface area contributed by atoms with Crippen LogP contribution in [-0.2, 0) is 9.59 Å². The van der Waals surface area contributed by atoms with Gasteiger partial charge >= 0.3 is 0 Å². The number of likely N-dealkylation sites (N-methyl/N-ethyl adjacent to an activating group) is 1. The van der Waals surface area contributed by atoms with Gasteiger partial charge in [0, 0.05) is 61.3 Å². The lowest BCUT2D eigenvalue weighted by molar-refractivity contribution is -0.136. The first kappa shape index (κ1) is 31.8. The molecule has 1 spiro atoms. The highest BCUT2D eigenvalue weighted by molar-refractivity contribution is 6.23. The van der Waals surface area contributed by atoms with E-state index in [1.54, 1.807) is 18.2 Å². The Hall–Kier alpha value is -5.17. The van der Waals surface area contributed by atoms with Crippen LogP contribution >= 0.6 is 0 Å². The summed E-state index contributed by atoms with van der Waals surface area (Å²) in [6, 6.07) is 11.0. The van der Waals surface area contributed by atoms with E-state index < -0.39 is 23.8 Å². The van der Waals surface area contributed by atoms with Gasteiger partial charge in [-0.1, -0.05) is 0 Å². The summed E-state index contributed by atoms with van der Waals surface area (Å²) in [4.78, 5) is 65.7. The molecule has 5 heterocycles. The van der Waals surface area contributed by atoms with Gasteiger partial charge < -0.3 is 10.2 Å². The highest BCUT2D eigenvalue weighted by Gasteiger charge is 2.49. The highest BCUT2D eigenvalue weighted by atomic mass is 16.2. The van der Waals surface area contributed by atoms with Crippen molar-refractivity contribution in [3.05, 3.63) is 66.1 Å². The summed E-state index contributed by atoms with van der Waals surface area (Å²) in [6.07, 6.45) is 12.8. The van der Waals surface area contributed by atoms with Crippen LogP contribution in [0.25, 0.3) is 22.3 Å². The number of piperidine rings is 1. The number of amides is 4. The fraction of sp³-hybridized carbons (Fsp3) is 0.447. The molecule has 13 nitrogen and oxygen atoms in total. The van der Waals surface area contributed by atoms with Crippen molar-refractivity contribution in [2.45, 2.75) is 69.0 Å². The van der Waals surface area contributed by atoms with Gasteiger partial charge in [-0.05, 0) is 94.3 Å². The van der Waals surface area contributed by atoms with Crippen LogP contribution in [0.4, 0.5) is 11.4 Å². The Balaban J connectivity index is 0.762. The van der Waals surface area contributed by atoms with E-state index in [1.165, 1.54) is 18.5 Å². The molecule has 2 aliphatic carbocycles. The zero-order valence-corrected chi connectivity index (χ0v) is 28.7. The second kappa shape index (κ2) is 12.3. The second-order valence-corrected chi connectivity index (χ2v) is 15.0. The van der Waals surface area contributed by atoms with E-state index in [1.807, 2.05) is 12.4 Å². The van der Waals surface area contributed by atoms with Crippen molar-refractivity contribution < 1.29 is 19.2 Å². The Morgan fingerprint density at radius 3 is 2.63 bits per heavy atom. The number of rotatable bonds is 9. The number of imide groups is 2. The zero-order valence-electron chi connectivity index (χ0n) is 28.7. The maximum Gasteiger partial charge on any atom is 0.262 e. The summed E-state index contributed by atoms with van der Waals surface area (Å²) in [7, 11) is 2.25. The van der Waals surface area contributed by atoms with Crippen molar-refractivity contribution in [1.29, 1.82) is 0 Å². The van der Waals surface area contributed by atoms with E-state index in [4.69, 9.17) is 15.1 Å². The van der Waals surface area contributed by atoms with Crippen LogP contribution in [0.5, 0.6) is 0 Å². The number of hydrogen-bond donors (Lipinski definition) is 2. The summed E-state index contributed by atoms with van der Waals surface area (Å²) < 4.78 is 2.08. The molecule has 51 heavy (non-hydrogen) atoms. The molecule has 1 unspecified atom stereocenters. The highest BCUT2D eigenvalue weighted by Crippen LogP contribution is 2.44. The van der Waals surface area contributed by atoms with E-state index in [0.717, 1.165) is 84.7 Å². The van der Waals surface area contributed by atoms with Crippen LogP contribution in [-0.4, -0.2) is 98.0 Å². The number of anilines is 2. The molecule has 5 aliphatic rings. The normalized spacial score (nSPS) is 24.2. The summed E-state index contributed by atoms with van der Waals surface area (Å²) in [5.41, 5.74) is 6.53. The van der Waals surface area contributed by atoms with Gasteiger partial charge in [-0.2, -0.15) is 5.10 Å². The SMILES string of the molecule is CN1CCN(c2ccc3ncc(-c4cnn([C@H]5C[C@H](CCCNc6ccc7c(c6)C(=O)N(C6CCC(=O)NC6=O)C7=O)C5)c4)nc3c2)CC12CC2. The molecule has 1 atom stereocenters. The Morgan fingerprint density at radius 1 is 0.961 bits per heavy atom. The Kier molecular flexibility index (Phi) is 7.64. The molecule has 2 saturated heterocycles. The molecule has 0 bridgehead atoms. The van der Waals surface area contributed by atoms with E-state index in [-0.39, 0.29) is 29.9 Å². The maximum atomic E-state index is 13.1. The van der Waals surface area contributed by atoms with Crippen LogP contribution < -0.4 is 15.5 Å². The van der Waals surface area contributed by atoms with Gasteiger partial charge in [-0.25, -0.2) is 4.98 Å². The van der Waals surface area contributed by atoms with Gasteiger partial charge in [0.05, 0.1) is 46.3 Å². The van der Waals surface area contributed by atoms with Crippen LogP contribution in [0, 0.1) is 5.92 Å². The first-order chi connectivity index (χ1) is 24.7. The molecule has 262 valence electrons. The van der Waals surface area contributed by atoms with E-state index in [9.17, 15) is 19.2 Å². The lowest BCUT2D eigenvalue weighted by atomic mass is 9.77. The van der Waals surface area contributed by atoms with Gasteiger partial charge in [-0.15, -0.1) is 0 Å². The van der Waals surface area contributed by atoms with Crippen molar-refractivity contribution >= 4 is 46.0 Å². The zero-order chi connectivity index (χ0) is 34.9. The number of fused-ring (bicyclic) bond motifs is 2. The van der Waals surface area contributed by atoms with Gasteiger partial charge in [0.25, 0.3) is 11.8 Å². The van der Waals surface area contributed by atoms with Crippen LogP contribution in [0.3, 0.4) is 0 Å². The largest absolute Gasteiger partial charge is 0.385 e. The first-order valence-corrected chi connectivity index (χ1v) is 18.1. The summed E-state index contributed by atoms with van der Waals surface area (Å²) in [6.45, 7) is 3.92. The Labute approximate surface area is 295 Å². The Bertz CT molecular complexity index is 2080. The van der Waals surface area contributed by atoms with Gasteiger partial charge in [0.15, 0.2) is 0 Å². The maximum absolute atomic E-state index is 13.1. The van der Waals surface area contributed by atoms with Crippen LogP contribution in [0.2, 0.25) is 0 Å². The number of piperazine rings is 1. The lowest BCUT2D eigenvalue weighted by Gasteiger charge is -2.41. The Morgan fingerprint density at radius 2 is 1.80 bits per heavy atom. The summed E-state index contributed by atoms with van der Waals surface area (Å²) in [5, 5.41) is 10.3. The molecule has 4 amide bonds. The number of nitrogens with zero attached hydrogens (tertiary/aromatic N) is 7. The third-order valence-electron chi connectivity index (χ3n) is 11.8. The van der Waals surface area contributed by atoms with E-state index >= 15 is 0 Å². The van der Waals surface area contributed by atoms with Crippen molar-refractivity contribution in [2.75, 3.05) is 43.4 Å². The topological polar surface area (TPSA) is 146 Å². The third kappa shape index (κ3) is 5.73. The number of nitrogens with one attached hydrogen (secondary N) is 2. The molecular weight excluding hydrogens is 646 g/mol. The molecule has 2 N–H and O–H groups in total. The molecule has 2 saturated carbocycles. The van der Waals surface area contributed by atoms with Gasteiger partial charge in [0.2, 0.25) is 11.8 Å². The molecule has 0 radical (unpaired) electrons. The van der Waals surface area contributed by atoms with Gasteiger partial charge in [0.1, 0.15) is 6.04 Å². The number of aromatic nitrogens is 4. The van der Waals surface area contributed by atoms with Crippen molar-refractivity contribution in [3.63, 3.8) is 0 Å².